The lowest BCUT2D eigenvalue weighted by atomic mass is 10.3. The zero-order valence-corrected chi connectivity index (χ0v) is 12.8. The topological polar surface area (TPSA) is 73.2 Å². The first-order valence-electron chi connectivity index (χ1n) is 6.97. The molecule has 1 heterocycles. The molecule has 1 aromatic heterocycles. The summed E-state index contributed by atoms with van der Waals surface area (Å²) in [4.78, 5) is 27.6. The molecule has 116 valence electrons. The number of hydrogen-bond acceptors (Lipinski definition) is 4. The molecule has 22 heavy (non-hydrogen) atoms. The lowest BCUT2D eigenvalue weighted by molar-refractivity contribution is -0.141. The van der Waals surface area contributed by atoms with Crippen LogP contribution in [0.5, 0.6) is 0 Å². The third-order valence-corrected chi connectivity index (χ3v) is 3.27. The van der Waals surface area contributed by atoms with Gasteiger partial charge in [-0.05, 0) is 19.1 Å². The number of fused-ring (bicyclic) bond motifs is 1. The van der Waals surface area contributed by atoms with Gasteiger partial charge in [-0.25, -0.2) is 4.98 Å². The Labute approximate surface area is 128 Å². The number of para-hydroxylation sites is 2. The van der Waals surface area contributed by atoms with Crippen LogP contribution in [0.4, 0.5) is 0 Å². The van der Waals surface area contributed by atoms with Gasteiger partial charge in [0.05, 0.1) is 18.1 Å². The molecule has 0 atom stereocenters. The van der Waals surface area contributed by atoms with Crippen molar-refractivity contribution in [3.8, 4) is 0 Å². The Morgan fingerprint density at radius 1 is 1.36 bits per heavy atom. The average Bonchev–Trinajstić information content (AvgIpc) is 2.85. The summed E-state index contributed by atoms with van der Waals surface area (Å²) < 4.78 is 6.55. The van der Waals surface area contributed by atoms with E-state index in [1.54, 1.807) is 6.92 Å². The van der Waals surface area contributed by atoms with Gasteiger partial charge in [-0.2, -0.15) is 0 Å². The van der Waals surface area contributed by atoms with Crippen LogP contribution in [-0.4, -0.2) is 35.1 Å². The van der Waals surface area contributed by atoms with Crippen LogP contribution in [0, 0.1) is 0 Å². The van der Waals surface area contributed by atoms with E-state index in [4.69, 9.17) is 4.74 Å². The van der Waals surface area contributed by atoms with Crippen LogP contribution in [-0.2, 0) is 27.3 Å². The second-order valence-electron chi connectivity index (χ2n) is 4.97. The molecule has 0 aliphatic heterocycles. The highest BCUT2D eigenvalue weighted by Gasteiger charge is 2.13. The predicted molar refractivity (Wildman–Crippen MR) is 83.3 cm³/mol. The van der Waals surface area contributed by atoms with Crippen molar-refractivity contribution in [1.82, 2.24) is 14.9 Å². The predicted octanol–water partition coefficient (Wildman–Crippen LogP) is 1.44. The first kappa shape index (κ1) is 15.8. The van der Waals surface area contributed by atoms with Gasteiger partial charge in [-0.15, -0.1) is 0 Å². The Morgan fingerprint density at radius 2 is 2.09 bits per heavy atom. The van der Waals surface area contributed by atoms with E-state index in [1.807, 2.05) is 28.8 Å². The number of imidazole rings is 1. The molecule has 0 aliphatic rings. The van der Waals surface area contributed by atoms with Crippen LogP contribution in [0.3, 0.4) is 0 Å². The van der Waals surface area contributed by atoms with E-state index in [0.717, 1.165) is 16.9 Å². The fourth-order valence-electron chi connectivity index (χ4n) is 2.13. The number of rotatable bonds is 6. The number of hydrogen-bond donors (Lipinski definition) is 1. The maximum absolute atomic E-state index is 11.6. The van der Waals surface area contributed by atoms with Crippen LogP contribution >= 0.6 is 0 Å². The monoisotopic (exact) mass is 301 g/mol. The smallest absolute Gasteiger partial charge is 0.325 e. The number of aromatic nitrogens is 2. The van der Waals surface area contributed by atoms with Crippen LogP contribution in [0.1, 0.15) is 12.7 Å². The summed E-state index contributed by atoms with van der Waals surface area (Å²) in [5.74, 6) is 0.208. The molecule has 2 aromatic rings. The van der Waals surface area contributed by atoms with Crippen LogP contribution < -0.4 is 5.32 Å². The number of benzene rings is 1. The quantitative estimate of drug-likeness (QED) is 0.647. The maximum Gasteiger partial charge on any atom is 0.325 e. The molecule has 1 amide bonds. The molecule has 6 nitrogen and oxygen atoms in total. The summed E-state index contributed by atoms with van der Waals surface area (Å²) in [5.41, 5.74) is 2.14. The number of nitrogens with one attached hydrogen (secondary N) is 1. The fourth-order valence-corrected chi connectivity index (χ4v) is 2.13. The van der Waals surface area contributed by atoms with Gasteiger partial charge in [0.15, 0.2) is 0 Å². The van der Waals surface area contributed by atoms with Crippen LogP contribution in [0.15, 0.2) is 36.4 Å². The number of carbonyl (C=O) groups excluding carboxylic acids is 2. The highest BCUT2D eigenvalue weighted by molar-refractivity contribution is 5.92. The Bertz CT molecular complexity index is 718. The average molecular weight is 301 g/mol. The van der Waals surface area contributed by atoms with E-state index in [-0.39, 0.29) is 18.4 Å². The van der Waals surface area contributed by atoms with Crippen molar-refractivity contribution >= 4 is 22.9 Å². The molecule has 2 rings (SSSR count). The van der Waals surface area contributed by atoms with Gasteiger partial charge >= 0.3 is 5.97 Å². The first-order chi connectivity index (χ1) is 10.5. The van der Waals surface area contributed by atoms with E-state index in [0.29, 0.717) is 18.5 Å². The SMILES string of the molecule is C=C(C)C(=O)NCCc1nc2ccccc2n1CC(=O)OC. The molecule has 0 saturated carbocycles. The Morgan fingerprint density at radius 3 is 2.77 bits per heavy atom. The first-order valence-corrected chi connectivity index (χ1v) is 6.97. The van der Waals surface area contributed by atoms with Gasteiger partial charge in [-0.1, -0.05) is 18.7 Å². The lowest BCUT2D eigenvalue weighted by Crippen LogP contribution is -2.27. The number of esters is 1. The Hall–Kier alpha value is -2.63. The standard InChI is InChI=1S/C16H19N3O3/c1-11(2)16(21)17-9-8-14-18-12-6-4-5-7-13(12)19(14)10-15(20)22-3/h4-7H,1,8-10H2,2-3H3,(H,17,21). The highest BCUT2D eigenvalue weighted by Crippen LogP contribution is 2.16. The number of carbonyl (C=O) groups is 2. The summed E-state index contributed by atoms with van der Waals surface area (Å²) in [6.07, 6.45) is 0.519. The summed E-state index contributed by atoms with van der Waals surface area (Å²) in [6.45, 7) is 5.77. The molecule has 0 saturated heterocycles. The minimum Gasteiger partial charge on any atom is -0.468 e. The summed E-state index contributed by atoms with van der Waals surface area (Å²) in [5, 5.41) is 2.76. The normalized spacial score (nSPS) is 10.5. The number of methoxy groups -OCH3 is 1. The molecule has 0 aliphatic carbocycles. The van der Waals surface area contributed by atoms with Crippen molar-refractivity contribution in [2.75, 3.05) is 13.7 Å². The molecule has 0 fully saturated rings. The number of nitrogens with zero attached hydrogens (tertiary/aromatic N) is 2. The van der Waals surface area contributed by atoms with Crippen molar-refractivity contribution in [2.45, 2.75) is 19.9 Å². The Kier molecular flexibility index (Phi) is 4.93. The van der Waals surface area contributed by atoms with Crippen molar-refractivity contribution in [2.24, 2.45) is 0 Å². The van der Waals surface area contributed by atoms with Gasteiger partial charge in [0, 0.05) is 18.5 Å². The molecule has 1 aromatic carbocycles. The van der Waals surface area contributed by atoms with E-state index >= 15 is 0 Å². The van der Waals surface area contributed by atoms with Crippen molar-refractivity contribution in [3.63, 3.8) is 0 Å². The molecule has 1 N–H and O–H groups in total. The minimum atomic E-state index is -0.338. The van der Waals surface area contributed by atoms with Crippen LogP contribution in [0.25, 0.3) is 11.0 Å². The van der Waals surface area contributed by atoms with Gasteiger partial charge in [0.1, 0.15) is 12.4 Å². The van der Waals surface area contributed by atoms with E-state index < -0.39 is 0 Å². The van der Waals surface area contributed by atoms with Crippen molar-refractivity contribution in [1.29, 1.82) is 0 Å². The van der Waals surface area contributed by atoms with Gasteiger partial charge in [0.25, 0.3) is 0 Å². The molecular formula is C16H19N3O3. The molecular weight excluding hydrogens is 282 g/mol. The van der Waals surface area contributed by atoms with Crippen LogP contribution in [0.2, 0.25) is 0 Å². The molecule has 6 heteroatoms. The summed E-state index contributed by atoms with van der Waals surface area (Å²) >= 11 is 0. The second-order valence-corrected chi connectivity index (χ2v) is 4.97. The largest absolute Gasteiger partial charge is 0.468 e. The van der Waals surface area contributed by atoms with E-state index in [1.165, 1.54) is 7.11 Å². The summed E-state index contributed by atoms with van der Waals surface area (Å²) in [7, 11) is 1.36. The zero-order valence-electron chi connectivity index (χ0n) is 12.8. The van der Waals surface area contributed by atoms with Gasteiger partial charge in [0.2, 0.25) is 5.91 Å². The van der Waals surface area contributed by atoms with Crippen molar-refractivity contribution < 1.29 is 14.3 Å². The zero-order chi connectivity index (χ0) is 16.1. The molecule has 0 bridgehead atoms. The van der Waals surface area contributed by atoms with Crippen molar-refractivity contribution in [3.05, 3.63) is 42.2 Å². The third kappa shape index (κ3) is 3.52. The molecule has 0 radical (unpaired) electrons. The third-order valence-electron chi connectivity index (χ3n) is 3.27. The molecule has 0 spiro atoms. The summed E-state index contributed by atoms with van der Waals surface area (Å²) in [6, 6.07) is 7.58. The fraction of sp³-hybridized carbons (Fsp3) is 0.312. The maximum atomic E-state index is 11.6. The second kappa shape index (κ2) is 6.89. The highest BCUT2D eigenvalue weighted by atomic mass is 16.5. The Balaban J connectivity index is 2.20. The molecule has 0 unspecified atom stereocenters. The van der Waals surface area contributed by atoms with Gasteiger partial charge < -0.3 is 14.6 Å². The minimum absolute atomic E-state index is 0.0980. The number of amides is 1. The van der Waals surface area contributed by atoms with E-state index in [2.05, 4.69) is 16.9 Å². The number of ether oxygens (including phenoxy) is 1. The lowest BCUT2D eigenvalue weighted by Gasteiger charge is -2.08. The van der Waals surface area contributed by atoms with Gasteiger partial charge in [-0.3, -0.25) is 9.59 Å². The van der Waals surface area contributed by atoms with E-state index in [9.17, 15) is 9.59 Å².